The molecular weight excluding hydrogens is 425 g/mol. The fraction of sp³-hybridized carbons (Fsp3) is 0.333. The predicted molar refractivity (Wildman–Crippen MR) is 110 cm³/mol. The SMILES string of the molecule is Cc1cc(C)n(-c2cc(N3CCN(C(=O)c4ccccc4OC(F)(F)F)CC3)ncn2)n1. The van der Waals surface area contributed by atoms with Crippen LogP contribution >= 0.6 is 0 Å². The fourth-order valence-corrected chi connectivity index (χ4v) is 3.65. The molecule has 0 bridgehead atoms. The number of hydrogen-bond acceptors (Lipinski definition) is 6. The molecule has 0 radical (unpaired) electrons. The van der Waals surface area contributed by atoms with E-state index in [4.69, 9.17) is 0 Å². The third-order valence-electron chi connectivity index (χ3n) is 5.10. The van der Waals surface area contributed by atoms with Crippen molar-refractivity contribution in [3.05, 3.63) is 59.7 Å². The van der Waals surface area contributed by atoms with Gasteiger partial charge in [-0.1, -0.05) is 12.1 Å². The Balaban J connectivity index is 1.46. The molecule has 0 atom stereocenters. The second-order valence-electron chi connectivity index (χ2n) is 7.40. The van der Waals surface area contributed by atoms with E-state index in [2.05, 4.69) is 19.8 Å². The number of alkyl halides is 3. The Bertz CT molecular complexity index is 1120. The number of para-hydroxylation sites is 1. The quantitative estimate of drug-likeness (QED) is 0.613. The number of carbonyl (C=O) groups excluding carboxylic acids is 1. The first kappa shape index (κ1) is 21.6. The lowest BCUT2D eigenvalue weighted by Gasteiger charge is -2.35. The summed E-state index contributed by atoms with van der Waals surface area (Å²) in [6, 6.07) is 9.15. The summed E-state index contributed by atoms with van der Waals surface area (Å²) < 4.78 is 43.8. The van der Waals surface area contributed by atoms with Gasteiger partial charge in [0, 0.05) is 37.9 Å². The minimum absolute atomic E-state index is 0.118. The van der Waals surface area contributed by atoms with Gasteiger partial charge in [-0.3, -0.25) is 4.79 Å². The zero-order valence-corrected chi connectivity index (χ0v) is 17.5. The number of rotatable bonds is 4. The average Bonchev–Trinajstić information content (AvgIpc) is 3.11. The van der Waals surface area contributed by atoms with Crippen LogP contribution in [-0.4, -0.2) is 63.1 Å². The number of halogens is 3. The van der Waals surface area contributed by atoms with Crippen molar-refractivity contribution in [3.63, 3.8) is 0 Å². The molecule has 168 valence electrons. The summed E-state index contributed by atoms with van der Waals surface area (Å²) in [4.78, 5) is 25.0. The highest BCUT2D eigenvalue weighted by molar-refractivity contribution is 5.97. The van der Waals surface area contributed by atoms with E-state index in [0.29, 0.717) is 37.8 Å². The summed E-state index contributed by atoms with van der Waals surface area (Å²) in [7, 11) is 0. The average molecular weight is 446 g/mol. The van der Waals surface area contributed by atoms with Gasteiger partial charge in [-0.05, 0) is 32.0 Å². The molecule has 32 heavy (non-hydrogen) atoms. The Morgan fingerprint density at radius 1 is 1.00 bits per heavy atom. The Morgan fingerprint density at radius 3 is 2.34 bits per heavy atom. The van der Waals surface area contributed by atoms with Gasteiger partial charge in [0.05, 0.1) is 11.3 Å². The van der Waals surface area contributed by atoms with Crippen molar-refractivity contribution in [3.8, 4) is 11.6 Å². The fourth-order valence-electron chi connectivity index (χ4n) is 3.65. The van der Waals surface area contributed by atoms with E-state index in [0.717, 1.165) is 17.5 Å². The second-order valence-corrected chi connectivity index (χ2v) is 7.40. The van der Waals surface area contributed by atoms with Gasteiger partial charge in [-0.15, -0.1) is 13.2 Å². The largest absolute Gasteiger partial charge is 0.573 e. The molecule has 8 nitrogen and oxygen atoms in total. The molecule has 0 unspecified atom stereocenters. The van der Waals surface area contributed by atoms with Crippen molar-refractivity contribution in [2.45, 2.75) is 20.2 Å². The van der Waals surface area contributed by atoms with Gasteiger partial charge in [-0.2, -0.15) is 5.10 Å². The van der Waals surface area contributed by atoms with E-state index >= 15 is 0 Å². The van der Waals surface area contributed by atoms with Crippen molar-refractivity contribution in [2.75, 3.05) is 31.1 Å². The van der Waals surface area contributed by atoms with Gasteiger partial charge in [0.2, 0.25) is 0 Å². The molecule has 1 aliphatic heterocycles. The van der Waals surface area contributed by atoms with Crippen molar-refractivity contribution >= 4 is 11.7 Å². The summed E-state index contributed by atoms with van der Waals surface area (Å²) in [6.07, 6.45) is -3.41. The molecule has 1 amide bonds. The van der Waals surface area contributed by atoms with Crippen molar-refractivity contribution in [2.24, 2.45) is 0 Å². The van der Waals surface area contributed by atoms with Gasteiger partial charge in [0.25, 0.3) is 5.91 Å². The van der Waals surface area contributed by atoms with Gasteiger partial charge in [0.15, 0.2) is 5.82 Å². The minimum atomic E-state index is -4.87. The van der Waals surface area contributed by atoms with Crippen molar-refractivity contribution in [1.82, 2.24) is 24.6 Å². The molecule has 0 N–H and O–H groups in total. The van der Waals surface area contributed by atoms with Crippen molar-refractivity contribution in [1.29, 1.82) is 0 Å². The third-order valence-corrected chi connectivity index (χ3v) is 5.10. The zero-order valence-electron chi connectivity index (χ0n) is 17.5. The number of ether oxygens (including phenoxy) is 1. The second kappa shape index (κ2) is 8.48. The molecule has 1 fully saturated rings. The monoisotopic (exact) mass is 446 g/mol. The normalized spacial score (nSPS) is 14.5. The zero-order chi connectivity index (χ0) is 22.9. The van der Waals surface area contributed by atoms with Crippen LogP contribution in [0.5, 0.6) is 5.75 Å². The molecule has 0 aliphatic carbocycles. The lowest BCUT2D eigenvalue weighted by Crippen LogP contribution is -2.49. The lowest BCUT2D eigenvalue weighted by atomic mass is 10.1. The standard InChI is InChI=1S/C21H21F3N6O2/c1-14-11-15(2)30(27-14)19-12-18(25-13-26-19)28-7-9-29(10-8-28)20(31)16-5-3-4-6-17(16)32-21(22,23)24/h3-6,11-13H,7-10H2,1-2H3. The molecule has 0 spiro atoms. The molecule has 4 rings (SSSR count). The molecular formula is C21H21F3N6O2. The van der Waals surface area contributed by atoms with Gasteiger partial charge in [0.1, 0.15) is 17.9 Å². The Hall–Kier alpha value is -3.63. The molecule has 1 aliphatic rings. The number of piperazine rings is 1. The topological polar surface area (TPSA) is 76.4 Å². The van der Waals surface area contributed by atoms with Crippen LogP contribution in [0.15, 0.2) is 42.7 Å². The third kappa shape index (κ3) is 4.66. The van der Waals surface area contributed by atoms with E-state index < -0.39 is 18.0 Å². The summed E-state index contributed by atoms with van der Waals surface area (Å²) in [6.45, 7) is 5.45. The number of aryl methyl sites for hydroxylation is 2. The van der Waals surface area contributed by atoms with Gasteiger partial charge < -0.3 is 14.5 Å². The van der Waals surface area contributed by atoms with E-state index in [1.165, 1.54) is 29.4 Å². The first-order chi connectivity index (χ1) is 15.2. The van der Waals surface area contributed by atoms with Crippen LogP contribution in [0.25, 0.3) is 5.82 Å². The number of anilines is 1. The number of nitrogens with zero attached hydrogens (tertiary/aromatic N) is 6. The number of amides is 1. The van der Waals surface area contributed by atoms with E-state index in [1.807, 2.05) is 30.9 Å². The van der Waals surface area contributed by atoms with E-state index in [9.17, 15) is 18.0 Å². The Labute approximate surface area is 182 Å². The van der Waals surface area contributed by atoms with Crippen LogP contribution < -0.4 is 9.64 Å². The van der Waals surface area contributed by atoms with Crippen LogP contribution in [0.3, 0.4) is 0 Å². The molecule has 2 aromatic heterocycles. The van der Waals surface area contributed by atoms with Crippen LogP contribution in [0.2, 0.25) is 0 Å². The highest BCUT2D eigenvalue weighted by atomic mass is 19.4. The molecule has 3 heterocycles. The number of hydrogen-bond donors (Lipinski definition) is 0. The minimum Gasteiger partial charge on any atom is -0.405 e. The first-order valence-electron chi connectivity index (χ1n) is 9.96. The predicted octanol–water partition coefficient (Wildman–Crippen LogP) is 3.14. The van der Waals surface area contributed by atoms with Gasteiger partial charge in [-0.25, -0.2) is 14.6 Å². The smallest absolute Gasteiger partial charge is 0.405 e. The maximum Gasteiger partial charge on any atom is 0.573 e. The Kier molecular flexibility index (Phi) is 5.72. The number of aromatic nitrogens is 4. The molecule has 11 heteroatoms. The summed E-state index contributed by atoms with van der Waals surface area (Å²) in [5.74, 6) is 0.320. The first-order valence-corrected chi connectivity index (χ1v) is 9.96. The van der Waals surface area contributed by atoms with Crippen LogP contribution in [0.1, 0.15) is 21.7 Å². The maximum absolute atomic E-state index is 12.9. The Morgan fingerprint density at radius 2 is 1.69 bits per heavy atom. The van der Waals surface area contributed by atoms with E-state index in [-0.39, 0.29) is 5.56 Å². The maximum atomic E-state index is 12.9. The highest BCUT2D eigenvalue weighted by Gasteiger charge is 2.34. The molecule has 1 saturated heterocycles. The molecule has 3 aromatic rings. The van der Waals surface area contributed by atoms with E-state index in [1.54, 1.807) is 4.68 Å². The molecule has 0 saturated carbocycles. The van der Waals surface area contributed by atoms with Gasteiger partial charge >= 0.3 is 6.36 Å². The summed E-state index contributed by atoms with van der Waals surface area (Å²) in [5, 5.41) is 4.43. The van der Waals surface area contributed by atoms with Crippen LogP contribution in [-0.2, 0) is 0 Å². The number of benzene rings is 1. The van der Waals surface area contributed by atoms with Crippen LogP contribution in [0, 0.1) is 13.8 Å². The van der Waals surface area contributed by atoms with Crippen LogP contribution in [0.4, 0.5) is 19.0 Å². The summed E-state index contributed by atoms with van der Waals surface area (Å²) in [5.41, 5.74) is 1.71. The summed E-state index contributed by atoms with van der Waals surface area (Å²) >= 11 is 0. The lowest BCUT2D eigenvalue weighted by molar-refractivity contribution is -0.274. The molecule has 1 aromatic carbocycles. The van der Waals surface area contributed by atoms with Crippen molar-refractivity contribution < 1.29 is 22.7 Å². The highest BCUT2D eigenvalue weighted by Crippen LogP contribution is 2.27. The number of carbonyl (C=O) groups is 1.